The summed E-state index contributed by atoms with van der Waals surface area (Å²) in [6.07, 6.45) is 10.1. The maximum Gasteiger partial charge on any atom is 0.255 e. The van der Waals surface area contributed by atoms with Gasteiger partial charge in [-0.05, 0) is 68.6 Å². The van der Waals surface area contributed by atoms with E-state index in [4.69, 9.17) is 22.1 Å². The summed E-state index contributed by atoms with van der Waals surface area (Å²) in [5.41, 5.74) is 6.52. The van der Waals surface area contributed by atoms with Crippen molar-refractivity contribution in [3.63, 3.8) is 0 Å². The highest BCUT2D eigenvalue weighted by atomic mass is 35.5. The third-order valence-electron chi connectivity index (χ3n) is 6.40. The topological polar surface area (TPSA) is 68.1 Å². The van der Waals surface area contributed by atoms with Gasteiger partial charge in [-0.15, -0.1) is 0 Å². The van der Waals surface area contributed by atoms with Gasteiger partial charge in [0, 0.05) is 22.6 Å². The average Bonchev–Trinajstić information content (AvgIpc) is 3.41. The lowest BCUT2D eigenvalue weighted by Crippen LogP contribution is -2.44. The van der Waals surface area contributed by atoms with Gasteiger partial charge >= 0.3 is 0 Å². The summed E-state index contributed by atoms with van der Waals surface area (Å²) >= 11 is 6.22. The van der Waals surface area contributed by atoms with Crippen molar-refractivity contribution >= 4 is 22.4 Å². The number of halogens is 1. The van der Waals surface area contributed by atoms with E-state index in [9.17, 15) is 4.79 Å². The fourth-order valence-corrected chi connectivity index (χ4v) is 4.74. The van der Waals surface area contributed by atoms with Crippen LogP contribution in [0.15, 0.2) is 29.2 Å². The van der Waals surface area contributed by atoms with Gasteiger partial charge in [-0.3, -0.25) is 4.79 Å². The van der Waals surface area contributed by atoms with E-state index in [2.05, 4.69) is 11.9 Å². The third kappa shape index (κ3) is 3.49. The molecule has 140 valence electrons. The van der Waals surface area contributed by atoms with Gasteiger partial charge in [0.15, 0.2) is 0 Å². The number of aromatic nitrogens is 1. The molecule has 1 aromatic heterocycles. The molecule has 2 aliphatic carbocycles. The fourth-order valence-electron chi connectivity index (χ4n) is 4.53. The average molecular weight is 375 g/mol. The first kappa shape index (κ1) is 17.9. The van der Waals surface area contributed by atoms with Gasteiger partial charge < -0.3 is 15.5 Å². The molecule has 0 spiro atoms. The van der Waals surface area contributed by atoms with Crippen LogP contribution in [0.1, 0.15) is 51.9 Å². The summed E-state index contributed by atoms with van der Waals surface area (Å²) in [5, 5.41) is 1.92. The second kappa shape index (κ2) is 6.90. The zero-order chi connectivity index (χ0) is 18.3. The summed E-state index contributed by atoms with van der Waals surface area (Å²) in [5.74, 6) is 1.60. The van der Waals surface area contributed by atoms with E-state index in [0.29, 0.717) is 16.2 Å². The van der Waals surface area contributed by atoms with Crippen LogP contribution >= 0.6 is 11.6 Å². The van der Waals surface area contributed by atoms with Crippen LogP contribution in [-0.2, 0) is 0 Å². The Hall–Kier alpha value is -1.52. The lowest BCUT2D eigenvalue weighted by Gasteiger charge is -2.43. The number of pyridine rings is 1. The predicted octanol–water partition coefficient (Wildman–Crippen LogP) is 4.64. The molecule has 0 saturated heterocycles. The van der Waals surface area contributed by atoms with E-state index in [1.54, 1.807) is 12.3 Å². The van der Waals surface area contributed by atoms with Crippen molar-refractivity contribution in [3.05, 3.63) is 39.8 Å². The standard InChI is InChI=1S/C21H27ClN2O2/c1-13(23)21(12-14-2-3-14)7-4-16(5-8-21)26-19-11-15(22)10-18-17(19)6-9-24-20(18)25/h6,9-11,13-14,16H,2-5,7-8,12,23H2,1H3,(H,24,25). The molecule has 1 atom stereocenters. The third-order valence-corrected chi connectivity index (χ3v) is 6.61. The van der Waals surface area contributed by atoms with E-state index in [-0.39, 0.29) is 23.1 Å². The maximum atomic E-state index is 12.1. The Bertz CT molecular complexity index is 849. The lowest BCUT2D eigenvalue weighted by atomic mass is 9.66. The van der Waals surface area contributed by atoms with Crippen LogP contribution in [0.25, 0.3) is 10.8 Å². The molecule has 2 saturated carbocycles. The molecule has 2 aromatic rings. The summed E-state index contributed by atoms with van der Waals surface area (Å²) in [6, 6.07) is 5.63. The Morgan fingerprint density at radius 2 is 2.00 bits per heavy atom. The van der Waals surface area contributed by atoms with Crippen LogP contribution in [0.3, 0.4) is 0 Å². The molecule has 2 aliphatic rings. The molecule has 1 heterocycles. The normalized spacial score (nSPS) is 27.4. The second-order valence-corrected chi connectivity index (χ2v) is 8.72. The molecule has 0 amide bonds. The van der Waals surface area contributed by atoms with Crippen molar-refractivity contribution in [2.45, 2.75) is 64.0 Å². The van der Waals surface area contributed by atoms with Crippen LogP contribution in [-0.4, -0.2) is 17.1 Å². The van der Waals surface area contributed by atoms with Crippen molar-refractivity contribution in [2.75, 3.05) is 0 Å². The monoisotopic (exact) mass is 374 g/mol. The van der Waals surface area contributed by atoms with E-state index < -0.39 is 0 Å². The van der Waals surface area contributed by atoms with Crippen molar-refractivity contribution in [2.24, 2.45) is 17.1 Å². The first-order chi connectivity index (χ1) is 12.5. The van der Waals surface area contributed by atoms with Gasteiger partial charge in [-0.25, -0.2) is 0 Å². The Balaban J connectivity index is 1.52. The highest BCUT2D eigenvalue weighted by molar-refractivity contribution is 6.31. The summed E-state index contributed by atoms with van der Waals surface area (Å²) < 4.78 is 6.32. The van der Waals surface area contributed by atoms with Crippen molar-refractivity contribution in [3.8, 4) is 5.75 Å². The van der Waals surface area contributed by atoms with Crippen LogP contribution < -0.4 is 16.0 Å². The molecule has 1 aromatic carbocycles. The molecule has 5 heteroatoms. The van der Waals surface area contributed by atoms with E-state index >= 15 is 0 Å². The number of rotatable bonds is 5. The molecular formula is C21H27ClN2O2. The molecule has 0 bridgehead atoms. The zero-order valence-corrected chi connectivity index (χ0v) is 16.0. The number of nitrogens with one attached hydrogen (secondary N) is 1. The summed E-state index contributed by atoms with van der Waals surface area (Å²) in [6.45, 7) is 2.17. The van der Waals surface area contributed by atoms with Crippen LogP contribution in [0, 0.1) is 11.3 Å². The van der Waals surface area contributed by atoms with Gasteiger partial charge in [0.2, 0.25) is 0 Å². The molecule has 4 nitrogen and oxygen atoms in total. The van der Waals surface area contributed by atoms with Crippen molar-refractivity contribution < 1.29 is 4.74 Å². The Morgan fingerprint density at radius 3 is 2.65 bits per heavy atom. The number of H-pyrrole nitrogens is 1. The smallest absolute Gasteiger partial charge is 0.255 e. The van der Waals surface area contributed by atoms with E-state index in [1.165, 1.54) is 19.3 Å². The number of hydrogen-bond donors (Lipinski definition) is 2. The van der Waals surface area contributed by atoms with Crippen molar-refractivity contribution in [1.29, 1.82) is 0 Å². The molecule has 0 aliphatic heterocycles. The highest BCUT2D eigenvalue weighted by Gasteiger charge is 2.42. The zero-order valence-electron chi connectivity index (χ0n) is 15.3. The predicted molar refractivity (Wildman–Crippen MR) is 106 cm³/mol. The largest absolute Gasteiger partial charge is 0.490 e. The fraction of sp³-hybridized carbons (Fsp3) is 0.571. The highest BCUT2D eigenvalue weighted by Crippen LogP contribution is 2.49. The molecule has 1 unspecified atom stereocenters. The summed E-state index contributed by atoms with van der Waals surface area (Å²) in [4.78, 5) is 14.8. The number of benzene rings is 1. The minimum Gasteiger partial charge on any atom is -0.490 e. The maximum absolute atomic E-state index is 12.1. The quantitative estimate of drug-likeness (QED) is 0.801. The Labute approximate surface area is 159 Å². The van der Waals surface area contributed by atoms with Gasteiger partial charge in [-0.2, -0.15) is 0 Å². The number of ether oxygens (including phenoxy) is 1. The van der Waals surface area contributed by atoms with Crippen LogP contribution in [0.5, 0.6) is 5.75 Å². The van der Waals surface area contributed by atoms with E-state index in [0.717, 1.165) is 37.0 Å². The number of hydrogen-bond acceptors (Lipinski definition) is 3. The van der Waals surface area contributed by atoms with E-state index in [1.807, 2.05) is 12.1 Å². The van der Waals surface area contributed by atoms with Crippen LogP contribution in [0.4, 0.5) is 0 Å². The minimum atomic E-state index is -0.140. The summed E-state index contributed by atoms with van der Waals surface area (Å²) in [7, 11) is 0. The molecule has 0 radical (unpaired) electrons. The minimum absolute atomic E-state index is 0.140. The van der Waals surface area contributed by atoms with Gasteiger partial charge in [0.25, 0.3) is 5.56 Å². The molecule has 26 heavy (non-hydrogen) atoms. The Morgan fingerprint density at radius 1 is 1.27 bits per heavy atom. The first-order valence-corrected chi connectivity index (χ1v) is 10.1. The van der Waals surface area contributed by atoms with Crippen LogP contribution in [0.2, 0.25) is 5.02 Å². The molecular weight excluding hydrogens is 348 g/mol. The molecule has 3 N–H and O–H groups in total. The van der Waals surface area contributed by atoms with Gasteiger partial charge in [0.1, 0.15) is 5.75 Å². The Kier molecular flexibility index (Phi) is 4.74. The molecule has 2 fully saturated rings. The second-order valence-electron chi connectivity index (χ2n) is 8.29. The number of aromatic amines is 1. The lowest BCUT2D eigenvalue weighted by molar-refractivity contribution is 0.0551. The van der Waals surface area contributed by atoms with Gasteiger partial charge in [-0.1, -0.05) is 24.4 Å². The molecule has 4 rings (SSSR count). The SMILES string of the molecule is CC(N)C1(CC2CC2)CCC(Oc2cc(Cl)cc3c(=O)[nH]ccc23)CC1. The number of nitrogens with two attached hydrogens (primary N) is 1. The van der Waals surface area contributed by atoms with Crippen molar-refractivity contribution in [1.82, 2.24) is 4.98 Å². The first-order valence-electron chi connectivity index (χ1n) is 9.70. The number of fused-ring (bicyclic) bond motifs is 1. The van der Waals surface area contributed by atoms with Gasteiger partial charge in [0.05, 0.1) is 11.5 Å².